The average Bonchev–Trinajstić information content (AvgIpc) is 2.26. The number of hydrogen-bond donors (Lipinski definition) is 0. The maximum atomic E-state index is 12.4. The van der Waals surface area contributed by atoms with E-state index in [0.29, 0.717) is 0 Å². The predicted octanol–water partition coefficient (Wildman–Crippen LogP) is 3.80. The van der Waals surface area contributed by atoms with Gasteiger partial charge in [-0.25, -0.2) is 0 Å². The lowest BCUT2D eigenvalue weighted by Gasteiger charge is -2.26. The van der Waals surface area contributed by atoms with Gasteiger partial charge in [-0.05, 0) is 26.0 Å². The molecule has 0 saturated heterocycles. The maximum absolute atomic E-state index is 12.4. The van der Waals surface area contributed by atoms with E-state index in [0.717, 1.165) is 4.90 Å². The minimum atomic E-state index is -4.33. The summed E-state index contributed by atoms with van der Waals surface area (Å²) in [5.41, 5.74) is 0.247. The highest BCUT2D eigenvalue weighted by Crippen LogP contribution is 2.20. The molecule has 106 valence electrons. The molecule has 0 saturated carbocycles. The molecule has 2 nitrogen and oxygen atoms in total. The van der Waals surface area contributed by atoms with Crippen molar-refractivity contribution in [1.29, 1.82) is 0 Å². The Morgan fingerprint density at radius 2 is 1.89 bits per heavy atom. The van der Waals surface area contributed by atoms with Crippen molar-refractivity contribution < 1.29 is 18.0 Å². The van der Waals surface area contributed by atoms with Crippen molar-refractivity contribution in [3.8, 4) is 0 Å². The van der Waals surface area contributed by atoms with E-state index in [1.807, 2.05) is 0 Å². The molecule has 0 aliphatic carbocycles. The minimum absolute atomic E-state index is 0.247. The summed E-state index contributed by atoms with van der Waals surface area (Å²) in [6.07, 6.45) is -4.33. The van der Waals surface area contributed by atoms with Gasteiger partial charge in [0.25, 0.3) is 0 Å². The summed E-state index contributed by atoms with van der Waals surface area (Å²) < 4.78 is 37.3. The highest BCUT2D eigenvalue weighted by atomic mass is 35.5. The molecule has 19 heavy (non-hydrogen) atoms. The van der Waals surface area contributed by atoms with Gasteiger partial charge in [-0.1, -0.05) is 23.7 Å². The predicted molar refractivity (Wildman–Crippen MR) is 68.5 cm³/mol. The Morgan fingerprint density at radius 3 is 2.37 bits per heavy atom. The molecule has 0 amide bonds. The van der Waals surface area contributed by atoms with Crippen molar-refractivity contribution in [2.75, 3.05) is 13.1 Å². The standard InChI is InChI=1S/C13H15ClF3NO/c1-9(2)18(8-13(15,16)17)7-12(19)10-5-3-4-6-11(10)14/h3-6,9H,7-8H2,1-2H3. The second-order valence-corrected chi connectivity index (χ2v) is 4.92. The first-order chi connectivity index (χ1) is 8.70. The molecule has 0 spiro atoms. The number of carbonyl (C=O) groups excluding carboxylic acids is 1. The van der Waals surface area contributed by atoms with E-state index in [2.05, 4.69) is 0 Å². The maximum Gasteiger partial charge on any atom is 0.401 e. The molecule has 1 rings (SSSR count). The van der Waals surface area contributed by atoms with Crippen LogP contribution in [0.2, 0.25) is 5.02 Å². The third-order valence-corrected chi connectivity index (χ3v) is 2.96. The van der Waals surface area contributed by atoms with Crippen LogP contribution in [0.5, 0.6) is 0 Å². The first-order valence-corrected chi connectivity index (χ1v) is 6.17. The molecule has 1 aromatic carbocycles. The zero-order valence-corrected chi connectivity index (χ0v) is 11.4. The van der Waals surface area contributed by atoms with Gasteiger partial charge in [-0.2, -0.15) is 13.2 Å². The van der Waals surface area contributed by atoms with E-state index < -0.39 is 18.5 Å². The fourth-order valence-electron chi connectivity index (χ4n) is 1.61. The number of ketones is 1. The molecule has 0 bridgehead atoms. The second-order valence-electron chi connectivity index (χ2n) is 4.52. The summed E-state index contributed by atoms with van der Waals surface area (Å²) in [4.78, 5) is 13.0. The SMILES string of the molecule is CC(C)N(CC(=O)c1ccccc1Cl)CC(F)(F)F. The number of Topliss-reactive ketones (excluding diaryl/α,β-unsaturated/α-hetero) is 1. The molecular weight excluding hydrogens is 279 g/mol. The number of benzene rings is 1. The van der Waals surface area contributed by atoms with Crippen LogP contribution in [0.3, 0.4) is 0 Å². The van der Waals surface area contributed by atoms with Crippen LogP contribution in [-0.2, 0) is 0 Å². The van der Waals surface area contributed by atoms with Crippen LogP contribution in [0, 0.1) is 0 Å². The van der Waals surface area contributed by atoms with Gasteiger partial charge in [-0.15, -0.1) is 0 Å². The van der Waals surface area contributed by atoms with Crippen LogP contribution in [0.4, 0.5) is 13.2 Å². The van der Waals surface area contributed by atoms with Crippen molar-refractivity contribution in [3.05, 3.63) is 34.9 Å². The summed E-state index contributed by atoms with van der Waals surface area (Å²) in [7, 11) is 0. The van der Waals surface area contributed by atoms with Crippen molar-refractivity contribution in [1.82, 2.24) is 4.90 Å². The molecule has 0 atom stereocenters. The van der Waals surface area contributed by atoms with Gasteiger partial charge in [0.2, 0.25) is 0 Å². The van der Waals surface area contributed by atoms with Crippen molar-refractivity contribution >= 4 is 17.4 Å². The van der Waals surface area contributed by atoms with Gasteiger partial charge in [0.05, 0.1) is 18.1 Å². The molecule has 6 heteroatoms. The Hall–Kier alpha value is -1.07. The van der Waals surface area contributed by atoms with Gasteiger partial charge in [0.1, 0.15) is 0 Å². The fraction of sp³-hybridized carbons (Fsp3) is 0.462. The number of halogens is 4. The van der Waals surface area contributed by atoms with E-state index in [4.69, 9.17) is 11.6 Å². The largest absolute Gasteiger partial charge is 0.401 e. The monoisotopic (exact) mass is 293 g/mol. The van der Waals surface area contributed by atoms with Gasteiger partial charge >= 0.3 is 6.18 Å². The second kappa shape index (κ2) is 6.39. The van der Waals surface area contributed by atoms with E-state index in [9.17, 15) is 18.0 Å². The lowest BCUT2D eigenvalue weighted by Crippen LogP contribution is -2.42. The van der Waals surface area contributed by atoms with Crippen molar-refractivity contribution in [3.63, 3.8) is 0 Å². The first kappa shape index (κ1) is 16.0. The Balaban J connectivity index is 2.80. The van der Waals surface area contributed by atoms with Crippen LogP contribution in [0.25, 0.3) is 0 Å². The summed E-state index contributed by atoms with van der Waals surface area (Å²) in [6, 6.07) is 5.96. The number of rotatable bonds is 5. The van der Waals surface area contributed by atoms with Crippen LogP contribution in [-0.4, -0.2) is 36.0 Å². The highest BCUT2D eigenvalue weighted by Gasteiger charge is 2.32. The third kappa shape index (κ3) is 5.20. The number of nitrogens with zero attached hydrogens (tertiary/aromatic N) is 1. The highest BCUT2D eigenvalue weighted by molar-refractivity contribution is 6.34. The topological polar surface area (TPSA) is 20.3 Å². The van der Waals surface area contributed by atoms with Gasteiger partial charge in [0.15, 0.2) is 5.78 Å². The smallest absolute Gasteiger partial charge is 0.293 e. The lowest BCUT2D eigenvalue weighted by molar-refractivity contribution is -0.148. The lowest BCUT2D eigenvalue weighted by atomic mass is 10.1. The molecule has 0 aromatic heterocycles. The zero-order chi connectivity index (χ0) is 14.6. The van der Waals surface area contributed by atoms with Crippen molar-refractivity contribution in [2.45, 2.75) is 26.1 Å². The molecule has 1 aromatic rings. The third-order valence-electron chi connectivity index (χ3n) is 2.63. The molecule has 0 radical (unpaired) electrons. The zero-order valence-electron chi connectivity index (χ0n) is 10.7. The Kier molecular flexibility index (Phi) is 5.38. The van der Waals surface area contributed by atoms with E-state index in [-0.39, 0.29) is 23.2 Å². The number of alkyl halides is 3. The van der Waals surface area contributed by atoms with E-state index in [1.165, 1.54) is 12.1 Å². The summed E-state index contributed by atoms with van der Waals surface area (Å²) >= 11 is 5.85. The molecule has 0 aliphatic rings. The molecule has 0 aliphatic heterocycles. The van der Waals surface area contributed by atoms with Crippen LogP contribution < -0.4 is 0 Å². The summed E-state index contributed by atoms with van der Waals surface area (Å²) in [5.74, 6) is -0.413. The Labute approximate surface area is 115 Å². The molecular formula is C13H15ClF3NO. The number of carbonyl (C=O) groups is 1. The normalized spacial score (nSPS) is 12.2. The van der Waals surface area contributed by atoms with Gasteiger partial charge in [-0.3, -0.25) is 9.69 Å². The van der Waals surface area contributed by atoms with Crippen LogP contribution >= 0.6 is 11.6 Å². The first-order valence-electron chi connectivity index (χ1n) is 5.79. The molecule has 0 heterocycles. The summed E-state index contributed by atoms with van der Waals surface area (Å²) in [6.45, 7) is 1.82. The van der Waals surface area contributed by atoms with Crippen LogP contribution in [0.1, 0.15) is 24.2 Å². The fourth-order valence-corrected chi connectivity index (χ4v) is 1.85. The van der Waals surface area contributed by atoms with Crippen molar-refractivity contribution in [2.24, 2.45) is 0 Å². The average molecular weight is 294 g/mol. The van der Waals surface area contributed by atoms with Crippen LogP contribution in [0.15, 0.2) is 24.3 Å². The molecule has 0 N–H and O–H groups in total. The van der Waals surface area contributed by atoms with E-state index >= 15 is 0 Å². The molecule has 0 unspecified atom stereocenters. The number of hydrogen-bond acceptors (Lipinski definition) is 2. The van der Waals surface area contributed by atoms with Gasteiger partial charge < -0.3 is 0 Å². The minimum Gasteiger partial charge on any atom is -0.293 e. The quantitative estimate of drug-likeness (QED) is 0.770. The Bertz CT molecular complexity index is 446. The summed E-state index contributed by atoms with van der Waals surface area (Å²) in [5, 5.41) is 0.253. The van der Waals surface area contributed by atoms with E-state index in [1.54, 1.807) is 26.0 Å². The van der Waals surface area contributed by atoms with Gasteiger partial charge in [0, 0.05) is 11.6 Å². The molecule has 0 fully saturated rings. The Morgan fingerprint density at radius 1 is 1.32 bits per heavy atom.